The molecule has 0 bridgehead atoms. The van der Waals surface area contributed by atoms with Crippen LogP contribution in [0.4, 0.5) is 5.82 Å². The van der Waals surface area contributed by atoms with Crippen molar-refractivity contribution in [1.82, 2.24) is 15.1 Å². The molecule has 0 aromatic carbocycles. The number of aromatic amines is 1. The minimum absolute atomic E-state index is 0.0523. The molecule has 1 aliphatic heterocycles. The van der Waals surface area contributed by atoms with Gasteiger partial charge in [-0.15, -0.1) is 0 Å². The Morgan fingerprint density at radius 2 is 2.29 bits per heavy atom. The number of H-pyrrole nitrogens is 1. The number of anilines is 1. The molecule has 1 amide bonds. The Morgan fingerprint density at radius 3 is 2.86 bits per heavy atom. The van der Waals surface area contributed by atoms with Crippen molar-refractivity contribution in [3.63, 3.8) is 0 Å². The average Bonchev–Trinajstić information content (AvgIpc) is 2.88. The molecule has 76 valence electrons. The summed E-state index contributed by atoms with van der Waals surface area (Å²) in [6, 6.07) is 1.74. The summed E-state index contributed by atoms with van der Waals surface area (Å²) in [6.45, 7) is 1.74. The number of likely N-dealkylation sites (tertiary alicyclic amines) is 1. The summed E-state index contributed by atoms with van der Waals surface area (Å²) in [4.78, 5) is 13.7. The molecule has 2 rings (SSSR count). The van der Waals surface area contributed by atoms with Gasteiger partial charge in [0.2, 0.25) is 0 Å². The molecule has 0 unspecified atom stereocenters. The second kappa shape index (κ2) is 3.69. The summed E-state index contributed by atoms with van der Waals surface area (Å²) < 4.78 is 0. The number of hydrogen-bond acceptors (Lipinski definition) is 3. The van der Waals surface area contributed by atoms with Gasteiger partial charge in [0, 0.05) is 26.2 Å². The normalized spacial score (nSPS) is 15.9. The van der Waals surface area contributed by atoms with E-state index in [9.17, 15) is 4.79 Å². The van der Waals surface area contributed by atoms with Gasteiger partial charge in [0.1, 0.15) is 11.5 Å². The van der Waals surface area contributed by atoms with Crippen LogP contribution in [0.1, 0.15) is 23.3 Å². The summed E-state index contributed by atoms with van der Waals surface area (Å²) in [5, 5.41) is 9.55. The predicted molar refractivity (Wildman–Crippen MR) is 53.3 cm³/mol. The van der Waals surface area contributed by atoms with Gasteiger partial charge in [-0.2, -0.15) is 5.10 Å². The van der Waals surface area contributed by atoms with E-state index < -0.39 is 0 Å². The topological polar surface area (TPSA) is 61.0 Å². The number of carbonyl (C=O) groups excluding carboxylic acids is 1. The third kappa shape index (κ3) is 1.57. The number of amides is 1. The van der Waals surface area contributed by atoms with Crippen molar-refractivity contribution in [2.45, 2.75) is 12.8 Å². The van der Waals surface area contributed by atoms with Crippen LogP contribution in [0, 0.1) is 0 Å². The molecule has 1 fully saturated rings. The highest BCUT2D eigenvalue weighted by molar-refractivity contribution is 5.93. The minimum atomic E-state index is 0.0523. The Hall–Kier alpha value is -1.52. The van der Waals surface area contributed by atoms with Gasteiger partial charge in [0.25, 0.3) is 5.91 Å². The fourth-order valence-corrected chi connectivity index (χ4v) is 1.65. The Kier molecular flexibility index (Phi) is 2.39. The second-order valence-corrected chi connectivity index (χ2v) is 3.42. The zero-order valence-electron chi connectivity index (χ0n) is 8.21. The maximum Gasteiger partial charge on any atom is 0.271 e. The van der Waals surface area contributed by atoms with Crippen molar-refractivity contribution >= 4 is 11.7 Å². The van der Waals surface area contributed by atoms with Crippen molar-refractivity contribution in [3.8, 4) is 0 Å². The molecule has 5 heteroatoms. The van der Waals surface area contributed by atoms with Crippen LogP contribution in [0.25, 0.3) is 0 Å². The van der Waals surface area contributed by atoms with Crippen LogP contribution in [0.3, 0.4) is 0 Å². The molecule has 0 radical (unpaired) electrons. The van der Waals surface area contributed by atoms with Crippen LogP contribution in [0.15, 0.2) is 6.07 Å². The largest absolute Gasteiger partial charge is 0.372 e. The predicted octanol–water partition coefficient (Wildman–Crippen LogP) is 0.687. The molecule has 14 heavy (non-hydrogen) atoms. The van der Waals surface area contributed by atoms with Gasteiger partial charge < -0.3 is 10.2 Å². The van der Waals surface area contributed by atoms with Crippen LogP contribution in [0.2, 0.25) is 0 Å². The van der Waals surface area contributed by atoms with E-state index in [1.54, 1.807) is 13.1 Å². The zero-order chi connectivity index (χ0) is 9.97. The lowest BCUT2D eigenvalue weighted by atomic mass is 10.3. The zero-order valence-corrected chi connectivity index (χ0v) is 8.21. The first-order valence-corrected chi connectivity index (χ1v) is 4.83. The van der Waals surface area contributed by atoms with Crippen molar-refractivity contribution < 1.29 is 4.79 Å². The maximum atomic E-state index is 11.8. The molecule has 0 saturated carbocycles. The lowest BCUT2D eigenvalue weighted by molar-refractivity contribution is 0.0787. The number of rotatable bonds is 2. The number of hydrogen-bond donors (Lipinski definition) is 2. The quantitative estimate of drug-likeness (QED) is 0.728. The van der Waals surface area contributed by atoms with E-state index in [4.69, 9.17) is 0 Å². The third-order valence-electron chi connectivity index (χ3n) is 2.46. The summed E-state index contributed by atoms with van der Waals surface area (Å²) in [6.07, 6.45) is 2.22. The Labute approximate surface area is 82.5 Å². The SMILES string of the molecule is CNc1cc(C(=O)N2CCCC2)[nH]n1. The van der Waals surface area contributed by atoms with E-state index >= 15 is 0 Å². The summed E-state index contributed by atoms with van der Waals surface area (Å²) in [7, 11) is 1.78. The van der Waals surface area contributed by atoms with E-state index in [-0.39, 0.29) is 5.91 Å². The lowest BCUT2D eigenvalue weighted by Crippen LogP contribution is -2.27. The highest BCUT2D eigenvalue weighted by Gasteiger charge is 2.20. The Bertz CT molecular complexity index is 327. The highest BCUT2D eigenvalue weighted by Crippen LogP contribution is 2.13. The van der Waals surface area contributed by atoms with Gasteiger partial charge in [-0.1, -0.05) is 0 Å². The molecule has 1 aromatic heterocycles. The molecule has 2 N–H and O–H groups in total. The molecule has 1 aliphatic rings. The average molecular weight is 194 g/mol. The molecule has 5 nitrogen and oxygen atoms in total. The molecular weight excluding hydrogens is 180 g/mol. The van der Waals surface area contributed by atoms with E-state index in [1.165, 1.54) is 0 Å². The van der Waals surface area contributed by atoms with Gasteiger partial charge in [-0.3, -0.25) is 9.89 Å². The van der Waals surface area contributed by atoms with Gasteiger partial charge in [0.05, 0.1) is 0 Å². The van der Waals surface area contributed by atoms with E-state index in [0.717, 1.165) is 25.9 Å². The van der Waals surface area contributed by atoms with E-state index in [2.05, 4.69) is 15.5 Å². The third-order valence-corrected chi connectivity index (χ3v) is 2.46. The summed E-state index contributed by atoms with van der Waals surface area (Å²) in [5.74, 6) is 0.754. The summed E-state index contributed by atoms with van der Waals surface area (Å²) in [5.41, 5.74) is 0.566. The number of carbonyl (C=O) groups is 1. The fourth-order valence-electron chi connectivity index (χ4n) is 1.65. The van der Waals surface area contributed by atoms with Crippen LogP contribution < -0.4 is 5.32 Å². The lowest BCUT2D eigenvalue weighted by Gasteiger charge is -2.12. The molecule has 0 spiro atoms. The van der Waals surface area contributed by atoms with E-state index in [0.29, 0.717) is 11.5 Å². The van der Waals surface area contributed by atoms with Gasteiger partial charge in [-0.25, -0.2) is 0 Å². The van der Waals surface area contributed by atoms with Crippen LogP contribution in [0.5, 0.6) is 0 Å². The van der Waals surface area contributed by atoms with Gasteiger partial charge in [-0.05, 0) is 12.8 Å². The van der Waals surface area contributed by atoms with E-state index in [1.807, 2.05) is 4.90 Å². The van der Waals surface area contributed by atoms with Crippen LogP contribution in [-0.4, -0.2) is 41.1 Å². The van der Waals surface area contributed by atoms with Crippen molar-refractivity contribution in [2.75, 3.05) is 25.5 Å². The van der Waals surface area contributed by atoms with Gasteiger partial charge >= 0.3 is 0 Å². The molecule has 2 heterocycles. The fraction of sp³-hybridized carbons (Fsp3) is 0.556. The van der Waals surface area contributed by atoms with Crippen LogP contribution in [-0.2, 0) is 0 Å². The molecular formula is C9H14N4O. The van der Waals surface area contributed by atoms with Gasteiger partial charge in [0.15, 0.2) is 0 Å². The Balaban J connectivity index is 2.09. The number of nitrogens with zero attached hydrogens (tertiary/aromatic N) is 2. The monoisotopic (exact) mass is 194 g/mol. The first kappa shape index (κ1) is 9.05. The number of nitrogens with one attached hydrogen (secondary N) is 2. The molecule has 1 aromatic rings. The summed E-state index contributed by atoms with van der Waals surface area (Å²) >= 11 is 0. The van der Waals surface area contributed by atoms with Crippen molar-refractivity contribution in [1.29, 1.82) is 0 Å². The number of aromatic nitrogens is 2. The molecule has 0 aliphatic carbocycles. The minimum Gasteiger partial charge on any atom is -0.372 e. The second-order valence-electron chi connectivity index (χ2n) is 3.42. The molecule has 0 atom stereocenters. The smallest absolute Gasteiger partial charge is 0.271 e. The highest BCUT2D eigenvalue weighted by atomic mass is 16.2. The standard InChI is InChI=1S/C9H14N4O/c1-10-8-6-7(11-12-8)9(14)13-4-2-3-5-13/h6H,2-5H2,1H3,(H2,10,11,12). The first-order chi connectivity index (χ1) is 6.81. The molecule has 1 saturated heterocycles. The van der Waals surface area contributed by atoms with Crippen molar-refractivity contribution in [3.05, 3.63) is 11.8 Å². The van der Waals surface area contributed by atoms with Crippen molar-refractivity contribution in [2.24, 2.45) is 0 Å². The first-order valence-electron chi connectivity index (χ1n) is 4.83. The van der Waals surface area contributed by atoms with Crippen LogP contribution >= 0.6 is 0 Å². The maximum absolute atomic E-state index is 11.8. The Morgan fingerprint density at radius 1 is 1.57 bits per heavy atom.